The lowest BCUT2D eigenvalue weighted by Crippen LogP contribution is -2.68. The van der Waals surface area contributed by atoms with E-state index >= 15 is 0 Å². The van der Waals surface area contributed by atoms with Crippen LogP contribution in [0.15, 0.2) is 12.1 Å². The van der Waals surface area contributed by atoms with Gasteiger partial charge in [-0.3, -0.25) is 19.2 Å². The van der Waals surface area contributed by atoms with E-state index in [9.17, 15) is 43.3 Å². The number of hydrazine groups is 1. The highest BCUT2D eigenvalue weighted by atomic mass is 35.5. The molecule has 4 atom stereocenters. The number of benzene rings is 1. The minimum Gasteiger partial charge on any atom is -0.772 e. The van der Waals surface area contributed by atoms with Gasteiger partial charge in [-0.2, -0.15) is 0 Å². The number of hydrogen-bond donors (Lipinski definition) is 4. The van der Waals surface area contributed by atoms with Crippen molar-refractivity contribution in [2.75, 3.05) is 13.7 Å². The van der Waals surface area contributed by atoms with E-state index in [1.807, 2.05) is 0 Å². The standard InChI is InChI=1S/C18H22ClN3O10S/c1-8-6-11(24)22(8)14(16(27)28)18(2,33(30)31)7-32-17(29)21(3)20-15(26)9-4-5-10(23)13(25)12(9)19/h4-5,8,14,23,25H,6-7H2,1-3H3,(H,20,26)(H,27,28)(H,30,31)/p-1/t8-,14+,18+/m1/s1. The van der Waals surface area contributed by atoms with Crippen molar-refractivity contribution in [3.63, 3.8) is 0 Å². The topological polar surface area (TPSA) is 197 Å². The Hall–Kier alpha value is -3.10. The molecule has 1 fully saturated rings. The van der Waals surface area contributed by atoms with E-state index in [-0.39, 0.29) is 12.0 Å². The van der Waals surface area contributed by atoms with Gasteiger partial charge in [0, 0.05) is 19.5 Å². The van der Waals surface area contributed by atoms with Crippen LogP contribution in [0.3, 0.4) is 0 Å². The molecular formula is C18H21ClN3O10S-. The van der Waals surface area contributed by atoms with E-state index in [0.29, 0.717) is 5.01 Å². The number of ether oxygens (including phenoxy) is 1. The van der Waals surface area contributed by atoms with Gasteiger partial charge in [0.2, 0.25) is 5.91 Å². The second-order valence-corrected chi connectivity index (χ2v) is 9.27. The van der Waals surface area contributed by atoms with Crippen molar-refractivity contribution in [1.29, 1.82) is 0 Å². The van der Waals surface area contributed by atoms with E-state index in [1.54, 1.807) is 6.92 Å². The van der Waals surface area contributed by atoms with Gasteiger partial charge in [-0.1, -0.05) is 11.6 Å². The quantitative estimate of drug-likeness (QED) is 0.171. The summed E-state index contributed by atoms with van der Waals surface area (Å²) in [6.07, 6.45) is -1.21. The Morgan fingerprint density at radius 1 is 1.42 bits per heavy atom. The van der Waals surface area contributed by atoms with Crippen molar-refractivity contribution < 1.29 is 48.0 Å². The highest BCUT2D eigenvalue weighted by Gasteiger charge is 2.52. The number of rotatable bonds is 7. The first-order valence-electron chi connectivity index (χ1n) is 9.27. The summed E-state index contributed by atoms with van der Waals surface area (Å²) >= 11 is 2.69. The first kappa shape index (κ1) is 26.2. The fourth-order valence-electron chi connectivity index (χ4n) is 3.17. The maximum absolute atomic E-state index is 12.3. The highest BCUT2D eigenvalue weighted by molar-refractivity contribution is 7.80. The minimum atomic E-state index is -3.09. The molecule has 1 aromatic carbocycles. The maximum Gasteiger partial charge on any atom is 0.428 e. The van der Waals surface area contributed by atoms with Crippen molar-refractivity contribution in [1.82, 2.24) is 15.3 Å². The molecule has 2 rings (SSSR count). The molecule has 13 nitrogen and oxygen atoms in total. The van der Waals surface area contributed by atoms with Gasteiger partial charge < -0.3 is 29.5 Å². The summed E-state index contributed by atoms with van der Waals surface area (Å²) in [6.45, 7) is 1.61. The molecule has 3 amide bonds. The Balaban J connectivity index is 2.13. The summed E-state index contributed by atoms with van der Waals surface area (Å²) in [4.78, 5) is 49.2. The molecule has 1 aromatic rings. The predicted molar refractivity (Wildman–Crippen MR) is 111 cm³/mol. The summed E-state index contributed by atoms with van der Waals surface area (Å²) in [7, 11) is 1.05. The van der Waals surface area contributed by atoms with Gasteiger partial charge in [0.1, 0.15) is 12.6 Å². The summed E-state index contributed by atoms with van der Waals surface area (Å²) in [5.74, 6) is -4.46. The average molecular weight is 507 g/mol. The van der Waals surface area contributed by atoms with Crippen LogP contribution >= 0.6 is 11.6 Å². The fourth-order valence-corrected chi connectivity index (χ4v) is 3.97. The number of phenolic OH excluding ortho intramolecular Hbond substituents is 2. The van der Waals surface area contributed by atoms with Crippen LogP contribution in [0.4, 0.5) is 4.79 Å². The molecule has 15 heteroatoms. The number of carboxylic acids is 1. The SMILES string of the molecule is C[C@@H]1CC(=O)N1[C@@H](C(=O)O)[C@](C)(COC(=O)N(C)NC(=O)c1ccc(O)c(O)c1Cl)S(=O)[O-]. The number of hydrogen-bond acceptors (Lipinski definition) is 9. The van der Waals surface area contributed by atoms with Crippen molar-refractivity contribution in [3.8, 4) is 11.5 Å². The van der Waals surface area contributed by atoms with Crippen LogP contribution in [-0.4, -0.2) is 88.4 Å². The summed E-state index contributed by atoms with van der Waals surface area (Å²) < 4.78 is 26.6. The molecule has 182 valence electrons. The lowest BCUT2D eigenvalue weighted by Gasteiger charge is -2.49. The molecule has 0 saturated carbocycles. The van der Waals surface area contributed by atoms with Crippen LogP contribution in [0.25, 0.3) is 0 Å². The Morgan fingerprint density at radius 2 is 2.03 bits per heavy atom. The molecule has 0 spiro atoms. The Labute approximate surface area is 195 Å². The van der Waals surface area contributed by atoms with Crippen LogP contribution in [0.5, 0.6) is 11.5 Å². The first-order valence-corrected chi connectivity index (χ1v) is 10.7. The molecule has 0 radical (unpaired) electrons. The van der Waals surface area contributed by atoms with Crippen molar-refractivity contribution >= 4 is 46.6 Å². The largest absolute Gasteiger partial charge is 0.772 e. The van der Waals surface area contributed by atoms with Crippen LogP contribution in [0, 0.1) is 0 Å². The first-order chi connectivity index (χ1) is 15.2. The second-order valence-electron chi connectivity index (χ2n) is 7.49. The number of carbonyl (C=O) groups excluding carboxylic acids is 3. The second kappa shape index (κ2) is 9.80. The zero-order valence-electron chi connectivity index (χ0n) is 17.6. The molecule has 0 aliphatic carbocycles. The van der Waals surface area contributed by atoms with Crippen LogP contribution in [0.2, 0.25) is 5.02 Å². The Morgan fingerprint density at radius 3 is 2.52 bits per heavy atom. The van der Waals surface area contributed by atoms with Gasteiger partial charge in [-0.05, 0) is 37.1 Å². The van der Waals surface area contributed by atoms with Gasteiger partial charge in [0.25, 0.3) is 5.91 Å². The van der Waals surface area contributed by atoms with E-state index in [2.05, 4.69) is 5.43 Å². The van der Waals surface area contributed by atoms with Gasteiger partial charge in [-0.15, -0.1) is 0 Å². The van der Waals surface area contributed by atoms with Gasteiger partial charge >= 0.3 is 12.1 Å². The van der Waals surface area contributed by atoms with Crippen molar-refractivity contribution in [3.05, 3.63) is 22.7 Å². The molecule has 1 aliphatic heterocycles. The molecule has 4 N–H and O–H groups in total. The summed E-state index contributed by atoms with van der Waals surface area (Å²) in [6, 6.07) is -0.274. The Bertz CT molecular complexity index is 1020. The molecule has 33 heavy (non-hydrogen) atoms. The number of likely N-dealkylation sites (tertiary alicyclic amines) is 1. The fraction of sp³-hybridized carbons (Fsp3) is 0.444. The van der Waals surface area contributed by atoms with E-state index in [0.717, 1.165) is 31.0 Å². The number of phenols is 2. The maximum atomic E-state index is 12.3. The zero-order chi connectivity index (χ0) is 25.2. The molecule has 0 aromatic heterocycles. The number of carboxylic acid groups (broad SMARTS) is 1. The third kappa shape index (κ3) is 5.12. The molecule has 0 bridgehead atoms. The molecule has 1 saturated heterocycles. The third-order valence-electron chi connectivity index (χ3n) is 5.07. The number of carbonyl (C=O) groups is 4. The van der Waals surface area contributed by atoms with Crippen LogP contribution in [0.1, 0.15) is 30.6 Å². The summed E-state index contributed by atoms with van der Waals surface area (Å²) in [5.41, 5.74) is 1.77. The van der Waals surface area contributed by atoms with Gasteiger partial charge in [0.15, 0.2) is 11.5 Å². The van der Waals surface area contributed by atoms with Gasteiger partial charge in [-0.25, -0.2) is 14.6 Å². The van der Waals surface area contributed by atoms with Crippen molar-refractivity contribution in [2.24, 2.45) is 0 Å². The molecular weight excluding hydrogens is 486 g/mol. The lowest BCUT2D eigenvalue weighted by molar-refractivity contribution is -0.163. The Kier molecular flexibility index (Phi) is 7.77. The number of aromatic hydroxyl groups is 2. The minimum absolute atomic E-state index is 0.0509. The van der Waals surface area contributed by atoms with Crippen LogP contribution < -0.4 is 5.43 Å². The number of β-lactam (4-membered cyclic amide) rings is 1. The van der Waals surface area contributed by atoms with Crippen molar-refractivity contribution in [2.45, 2.75) is 37.1 Å². The van der Waals surface area contributed by atoms with E-state index in [1.165, 1.54) is 0 Å². The monoisotopic (exact) mass is 506 g/mol. The number of halogens is 1. The number of nitrogens with zero attached hydrogens (tertiary/aromatic N) is 2. The molecule has 1 heterocycles. The average Bonchev–Trinajstić information content (AvgIpc) is 2.73. The van der Waals surface area contributed by atoms with E-state index in [4.69, 9.17) is 16.3 Å². The normalized spacial score (nSPS) is 19.0. The number of aliphatic carboxylic acids is 1. The van der Waals surface area contributed by atoms with Gasteiger partial charge in [0.05, 0.1) is 15.3 Å². The van der Waals surface area contributed by atoms with E-state index < -0.39 is 74.9 Å². The zero-order valence-corrected chi connectivity index (χ0v) is 19.2. The number of nitrogens with one attached hydrogen (secondary N) is 1. The summed E-state index contributed by atoms with van der Waals surface area (Å²) in [5, 5.41) is 28.6. The molecule has 1 unspecified atom stereocenters. The lowest BCUT2D eigenvalue weighted by atomic mass is 9.92. The number of amides is 3. The predicted octanol–water partition coefficient (Wildman–Crippen LogP) is 0.176. The smallest absolute Gasteiger partial charge is 0.428 e. The van der Waals surface area contributed by atoms with Crippen LogP contribution in [-0.2, 0) is 25.4 Å². The third-order valence-corrected chi connectivity index (χ3v) is 6.55. The molecule has 1 aliphatic rings. The highest BCUT2D eigenvalue weighted by Crippen LogP contribution is 2.35.